The van der Waals surface area contributed by atoms with Crippen LogP contribution < -0.4 is 10.9 Å². The van der Waals surface area contributed by atoms with Crippen molar-refractivity contribution in [2.75, 3.05) is 11.1 Å². The number of anilines is 1. The first-order valence-electron chi connectivity index (χ1n) is 6.38. The molecule has 21 heavy (non-hydrogen) atoms. The molecular weight excluding hydrogens is 288 g/mol. The number of nitrogens with one attached hydrogen (secondary N) is 2. The molecule has 1 amide bonds. The van der Waals surface area contributed by atoms with Crippen LogP contribution in [0.4, 0.5) is 5.69 Å². The summed E-state index contributed by atoms with van der Waals surface area (Å²) in [6.07, 6.45) is 0. The Morgan fingerprint density at radius 1 is 1.19 bits per heavy atom. The number of aromatic nitrogens is 3. The smallest absolute Gasteiger partial charge is 0.273 e. The fourth-order valence-corrected chi connectivity index (χ4v) is 2.42. The molecule has 0 saturated carbocycles. The molecule has 1 heterocycles. The summed E-state index contributed by atoms with van der Waals surface area (Å²) in [7, 11) is 0. The van der Waals surface area contributed by atoms with Gasteiger partial charge in [-0.1, -0.05) is 17.8 Å². The topological polar surface area (TPSA) is 87.7 Å². The number of thioether (sulfide) groups is 1. The molecule has 0 fully saturated rings. The zero-order chi connectivity index (χ0) is 15.4. The summed E-state index contributed by atoms with van der Waals surface area (Å²) in [5, 5.41) is 10.7. The van der Waals surface area contributed by atoms with Gasteiger partial charge in [0.1, 0.15) is 5.69 Å². The summed E-state index contributed by atoms with van der Waals surface area (Å²) in [6.45, 7) is 5.53. The van der Waals surface area contributed by atoms with E-state index in [2.05, 4.69) is 20.5 Å². The van der Waals surface area contributed by atoms with Gasteiger partial charge in [-0.15, -0.1) is 10.2 Å². The molecule has 7 heteroatoms. The Kier molecular flexibility index (Phi) is 4.74. The predicted molar refractivity (Wildman–Crippen MR) is 82.7 cm³/mol. The average Bonchev–Trinajstić information content (AvgIpc) is 2.39. The van der Waals surface area contributed by atoms with Gasteiger partial charge < -0.3 is 5.32 Å². The number of hydrogen-bond donors (Lipinski definition) is 2. The van der Waals surface area contributed by atoms with E-state index < -0.39 is 0 Å². The normalized spacial score (nSPS) is 10.4. The second-order valence-corrected chi connectivity index (χ2v) is 5.72. The van der Waals surface area contributed by atoms with Gasteiger partial charge in [0.15, 0.2) is 5.16 Å². The summed E-state index contributed by atoms with van der Waals surface area (Å²) in [5.41, 5.74) is 2.96. The molecule has 2 aromatic rings. The minimum Gasteiger partial charge on any atom is -0.325 e. The van der Waals surface area contributed by atoms with E-state index in [9.17, 15) is 9.59 Å². The lowest BCUT2D eigenvalue weighted by atomic mass is 10.1. The van der Waals surface area contributed by atoms with Gasteiger partial charge in [0, 0.05) is 5.69 Å². The Bertz CT molecular complexity index is 707. The van der Waals surface area contributed by atoms with Crippen LogP contribution in [0.1, 0.15) is 16.8 Å². The van der Waals surface area contributed by atoms with Gasteiger partial charge in [0.05, 0.1) is 5.75 Å². The number of benzene rings is 1. The maximum atomic E-state index is 11.9. The lowest BCUT2D eigenvalue weighted by molar-refractivity contribution is -0.113. The largest absolute Gasteiger partial charge is 0.325 e. The predicted octanol–water partition coefficient (Wildman–Crippen LogP) is 1.82. The summed E-state index contributed by atoms with van der Waals surface area (Å²) >= 11 is 1.14. The number of carbonyl (C=O) groups is 1. The van der Waals surface area contributed by atoms with Crippen molar-refractivity contribution in [1.82, 2.24) is 15.2 Å². The van der Waals surface area contributed by atoms with Gasteiger partial charge in [-0.25, -0.2) is 0 Å². The van der Waals surface area contributed by atoms with E-state index in [1.165, 1.54) is 0 Å². The Labute approximate surface area is 126 Å². The van der Waals surface area contributed by atoms with Crippen molar-refractivity contribution in [2.24, 2.45) is 0 Å². The number of hydrogen-bond acceptors (Lipinski definition) is 5. The van der Waals surface area contributed by atoms with E-state index in [4.69, 9.17) is 0 Å². The standard InChI is InChI=1S/C14H16N4O2S/c1-8-4-9(2)6-11(5-8)15-12(19)7-21-14-16-13(20)10(3)17-18-14/h4-6H,7H2,1-3H3,(H,15,19)(H,16,18,20). The van der Waals surface area contributed by atoms with Crippen molar-refractivity contribution in [3.63, 3.8) is 0 Å². The van der Waals surface area contributed by atoms with Crippen LogP contribution in [0.5, 0.6) is 0 Å². The van der Waals surface area contributed by atoms with Crippen molar-refractivity contribution in [3.05, 3.63) is 45.4 Å². The highest BCUT2D eigenvalue weighted by Gasteiger charge is 2.07. The number of aromatic amines is 1. The van der Waals surface area contributed by atoms with Crippen LogP contribution in [0.25, 0.3) is 0 Å². The van der Waals surface area contributed by atoms with Gasteiger partial charge in [-0.3, -0.25) is 14.6 Å². The van der Waals surface area contributed by atoms with Crippen LogP contribution in [0.3, 0.4) is 0 Å². The average molecular weight is 304 g/mol. The van der Waals surface area contributed by atoms with E-state index in [-0.39, 0.29) is 17.2 Å². The van der Waals surface area contributed by atoms with Gasteiger partial charge >= 0.3 is 0 Å². The molecule has 0 unspecified atom stereocenters. The number of H-pyrrole nitrogens is 1. The highest BCUT2D eigenvalue weighted by molar-refractivity contribution is 7.99. The van der Waals surface area contributed by atoms with Crippen molar-refractivity contribution in [3.8, 4) is 0 Å². The number of aryl methyl sites for hydroxylation is 3. The molecule has 1 aromatic carbocycles. The molecule has 0 radical (unpaired) electrons. The molecule has 0 spiro atoms. The molecule has 0 saturated heterocycles. The number of carbonyl (C=O) groups excluding carboxylic acids is 1. The first kappa shape index (κ1) is 15.2. The van der Waals surface area contributed by atoms with Gasteiger partial charge in [0.2, 0.25) is 5.91 Å². The van der Waals surface area contributed by atoms with Crippen molar-refractivity contribution >= 4 is 23.4 Å². The second kappa shape index (κ2) is 6.53. The van der Waals surface area contributed by atoms with Crippen LogP contribution in [-0.2, 0) is 4.79 Å². The molecule has 0 aliphatic carbocycles. The van der Waals surface area contributed by atoms with Crippen LogP contribution in [0.15, 0.2) is 28.2 Å². The quantitative estimate of drug-likeness (QED) is 0.841. The fraction of sp³-hybridized carbons (Fsp3) is 0.286. The van der Waals surface area contributed by atoms with E-state index in [0.29, 0.717) is 10.9 Å². The Morgan fingerprint density at radius 2 is 1.86 bits per heavy atom. The third kappa shape index (κ3) is 4.42. The maximum Gasteiger partial charge on any atom is 0.273 e. The zero-order valence-electron chi connectivity index (χ0n) is 12.1. The SMILES string of the molecule is Cc1cc(C)cc(NC(=O)CSc2nnc(C)c(=O)[nH]2)c1. The van der Waals surface area contributed by atoms with Crippen molar-refractivity contribution in [2.45, 2.75) is 25.9 Å². The van der Waals surface area contributed by atoms with Crippen LogP contribution in [-0.4, -0.2) is 26.8 Å². The molecule has 0 bridgehead atoms. The fourth-order valence-electron chi connectivity index (χ4n) is 1.82. The van der Waals surface area contributed by atoms with Gasteiger partial charge in [-0.05, 0) is 44.0 Å². The van der Waals surface area contributed by atoms with E-state index in [1.807, 2.05) is 32.0 Å². The Balaban J connectivity index is 1.95. The first-order chi connectivity index (χ1) is 9.94. The second-order valence-electron chi connectivity index (χ2n) is 4.76. The van der Waals surface area contributed by atoms with E-state index in [0.717, 1.165) is 28.6 Å². The Hall–Kier alpha value is -2.15. The highest BCUT2D eigenvalue weighted by Crippen LogP contribution is 2.15. The number of amides is 1. The van der Waals surface area contributed by atoms with Crippen LogP contribution >= 0.6 is 11.8 Å². The monoisotopic (exact) mass is 304 g/mol. The summed E-state index contributed by atoms with van der Waals surface area (Å²) in [6, 6.07) is 5.85. The molecule has 6 nitrogen and oxygen atoms in total. The molecule has 2 rings (SSSR count). The molecular formula is C14H16N4O2S. The minimum absolute atomic E-state index is 0.153. The maximum absolute atomic E-state index is 11.9. The highest BCUT2D eigenvalue weighted by atomic mass is 32.2. The molecule has 110 valence electrons. The minimum atomic E-state index is -0.290. The Morgan fingerprint density at radius 3 is 2.48 bits per heavy atom. The first-order valence-corrected chi connectivity index (χ1v) is 7.37. The van der Waals surface area contributed by atoms with Crippen LogP contribution in [0, 0.1) is 20.8 Å². The molecule has 0 atom stereocenters. The zero-order valence-corrected chi connectivity index (χ0v) is 12.9. The van der Waals surface area contributed by atoms with E-state index >= 15 is 0 Å². The van der Waals surface area contributed by atoms with Crippen molar-refractivity contribution < 1.29 is 4.79 Å². The summed E-state index contributed by atoms with van der Waals surface area (Å²) < 4.78 is 0. The molecule has 0 aliphatic rings. The lowest BCUT2D eigenvalue weighted by Gasteiger charge is -2.07. The lowest BCUT2D eigenvalue weighted by Crippen LogP contribution is -2.17. The third-order valence-electron chi connectivity index (χ3n) is 2.69. The van der Waals surface area contributed by atoms with Crippen molar-refractivity contribution in [1.29, 1.82) is 0 Å². The van der Waals surface area contributed by atoms with Gasteiger partial charge in [0.25, 0.3) is 5.56 Å². The van der Waals surface area contributed by atoms with E-state index in [1.54, 1.807) is 6.92 Å². The van der Waals surface area contributed by atoms with Crippen LogP contribution in [0.2, 0.25) is 0 Å². The molecule has 2 N–H and O–H groups in total. The molecule has 0 aliphatic heterocycles. The summed E-state index contributed by atoms with van der Waals surface area (Å²) in [4.78, 5) is 25.8. The number of nitrogens with zero attached hydrogens (tertiary/aromatic N) is 2. The van der Waals surface area contributed by atoms with Gasteiger partial charge in [-0.2, -0.15) is 0 Å². The molecule has 1 aromatic heterocycles. The summed E-state index contributed by atoms with van der Waals surface area (Å²) in [5.74, 6) is -0.00561. The third-order valence-corrected chi connectivity index (χ3v) is 3.55. The number of rotatable bonds is 4.